The Labute approximate surface area is 184 Å². The summed E-state index contributed by atoms with van der Waals surface area (Å²) in [4.78, 5) is 27.4. The van der Waals surface area contributed by atoms with Crippen molar-refractivity contribution in [2.75, 3.05) is 27.3 Å². The van der Waals surface area contributed by atoms with Crippen molar-refractivity contribution < 1.29 is 19.1 Å². The van der Waals surface area contributed by atoms with Crippen molar-refractivity contribution in [1.29, 1.82) is 0 Å². The van der Waals surface area contributed by atoms with Crippen molar-refractivity contribution in [1.82, 2.24) is 10.2 Å². The van der Waals surface area contributed by atoms with Crippen LogP contribution in [-0.4, -0.2) is 50.1 Å². The number of methoxy groups -OCH3 is 2. The van der Waals surface area contributed by atoms with Crippen LogP contribution in [0.5, 0.6) is 11.5 Å². The molecule has 1 saturated heterocycles. The Balaban J connectivity index is 1.57. The van der Waals surface area contributed by atoms with Crippen LogP contribution in [0.4, 0.5) is 0 Å². The standard InChI is InChI=1S/C25H32N2O4/c1-25(2,3)19-8-6-17(7-9-19)23(28)26-20-10-12-27(13-11-20)24(29)18-14-21(30-4)16-22(15-18)31-5/h6-9,14-16,20H,10-13H2,1-5H3,(H,26,28). The van der Waals surface area contributed by atoms with Gasteiger partial charge in [0.1, 0.15) is 11.5 Å². The van der Waals surface area contributed by atoms with Gasteiger partial charge in [-0.25, -0.2) is 0 Å². The van der Waals surface area contributed by atoms with E-state index < -0.39 is 0 Å². The second kappa shape index (κ2) is 9.41. The van der Waals surface area contributed by atoms with E-state index >= 15 is 0 Å². The van der Waals surface area contributed by atoms with Crippen molar-refractivity contribution in [3.63, 3.8) is 0 Å². The maximum Gasteiger partial charge on any atom is 0.254 e. The number of amides is 2. The molecule has 0 atom stereocenters. The number of ether oxygens (including phenoxy) is 2. The monoisotopic (exact) mass is 424 g/mol. The maximum absolute atomic E-state index is 12.9. The number of likely N-dealkylation sites (tertiary alicyclic amines) is 1. The van der Waals surface area contributed by atoms with Crippen LogP contribution >= 0.6 is 0 Å². The van der Waals surface area contributed by atoms with E-state index in [9.17, 15) is 9.59 Å². The molecule has 1 N–H and O–H groups in total. The number of nitrogens with one attached hydrogen (secondary N) is 1. The summed E-state index contributed by atoms with van der Waals surface area (Å²) in [7, 11) is 3.13. The third-order valence-electron chi connectivity index (χ3n) is 5.73. The van der Waals surface area contributed by atoms with E-state index in [1.807, 2.05) is 29.2 Å². The Morgan fingerprint density at radius 2 is 1.45 bits per heavy atom. The minimum atomic E-state index is -0.0669. The van der Waals surface area contributed by atoms with Gasteiger partial charge in [-0.15, -0.1) is 0 Å². The summed E-state index contributed by atoms with van der Waals surface area (Å²) in [6.45, 7) is 7.63. The average molecular weight is 425 g/mol. The lowest BCUT2D eigenvalue weighted by Gasteiger charge is -2.32. The molecule has 6 nitrogen and oxygen atoms in total. The highest BCUT2D eigenvalue weighted by molar-refractivity contribution is 5.95. The number of piperidine rings is 1. The van der Waals surface area contributed by atoms with Gasteiger partial charge in [0.15, 0.2) is 0 Å². The molecule has 6 heteroatoms. The average Bonchev–Trinajstić information content (AvgIpc) is 2.78. The Bertz CT molecular complexity index is 901. The summed E-state index contributed by atoms with van der Waals surface area (Å²) >= 11 is 0. The zero-order valence-corrected chi connectivity index (χ0v) is 19.0. The van der Waals surface area contributed by atoms with Crippen LogP contribution in [0.2, 0.25) is 0 Å². The number of benzene rings is 2. The van der Waals surface area contributed by atoms with E-state index in [1.54, 1.807) is 32.4 Å². The zero-order chi connectivity index (χ0) is 22.6. The first-order chi connectivity index (χ1) is 14.7. The van der Waals surface area contributed by atoms with Crippen LogP contribution in [-0.2, 0) is 5.41 Å². The summed E-state index contributed by atoms with van der Waals surface area (Å²) < 4.78 is 10.5. The molecule has 166 valence electrons. The highest BCUT2D eigenvalue weighted by Crippen LogP contribution is 2.25. The largest absolute Gasteiger partial charge is 0.497 e. The van der Waals surface area contributed by atoms with E-state index in [-0.39, 0.29) is 23.3 Å². The summed E-state index contributed by atoms with van der Waals surface area (Å²) in [6, 6.07) is 13.0. The molecule has 0 bridgehead atoms. The smallest absolute Gasteiger partial charge is 0.254 e. The molecule has 1 heterocycles. The summed E-state index contributed by atoms with van der Waals surface area (Å²) in [6.07, 6.45) is 1.44. The second-order valence-corrected chi connectivity index (χ2v) is 8.97. The molecule has 2 amide bonds. The molecule has 0 saturated carbocycles. The van der Waals surface area contributed by atoms with Crippen LogP contribution < -0.4 is 14.8 Å². The third kappa shape index (κ3) is 5.57. The molecule has 0 aromatic heterocycles. The lowest BCUT2D eigenvalue weighted by molar-refractivity contribution is 0.0697. The van der Waals surface area contributed by atoms with E-state index in [0.717, 1.165) is 12.8 Å². The Morgan fingerprint density at radius 3 is 1.94 bits per heavy atom. The summed E-state index contributed by atoms with van der Waals surface area (Å²) in [5.41, 5.74) is 2.46. The van der Waals surface area contributed by atoms with Gasteiger partial charge in [0.05, 0.1) is 14.2 Å². The zero-order valence-electron chi connectivity index (χ0n) is 19.0. The molecule has 3 rings (SSSR count). The van der Waals surface area contributed by atoms with Crippen LogP contribution in [0.3, 0.4) is 0 Å². The Kier molecular flexibility index (Phi) is 6.88. The fourth-order valence-electron chi connectivity index (χ4n) is 3.73. The van der Waals surface area contributed by atoms with Gasteiger partial charge in [0.2, 0.25) is 0 Å². The molecule has 0 radical (unpaired) electrons. The van der Waals surface area contributed by atoms with Gasteiger partial charge in [-0.3, -0.25) is 9.59 Å². The van der Waals surface area contributed by atoms with Crippen LogP contribution in [0.25, 0.3) is 0 Å². The fourth-order valence-corrected chi connectivity index (χ4v) is 3.73. The van der Waals surface area contributed by atoms with E-state index in [2.05, 4.69) is 26.1 Å². The van der Waals surface area contributed by atoms with Crippen LogP contribution in [0.15, 0.2) is 42.5 Å². The summed E-state index contributed by atoms with van der Waals surface area (Å²) in [5, 5.41) is 3.11. The molecule has 0 unspecified atom stereocenters. The molecule has 1 fully saturated rings. The van der Waals surface area contributed by atoms with E-state index in [1.165, 1.54) is 5.56 Å². The van der Waals surface area contributed by atoms with Gasteiger partial charge in [-0.05, 0) is 48.1 Å². The van der Waals surface area contributed by atoms with E-state index in [0.29, 0.717) is 35.7 Å². The molecule has 2 aromatic carbocycles. The van der Waals surface area contributed by atoms with Crippen molar-refractivity contribution in [2.24, 2.45) is 0 Å². The summed E-state index contributed by atoms with van der Waals surface area (Å²) in [5.74, 6) is 1.05. The third-order valence-corrected chi connectivity index (χ3v) is 5.73. The van der Waals surface area contributed by atoms with Crippen molar-refractivity contribution >= 4 is 11.8 Å². The quantitative estimate of drug-likeness (QED) is 0.787. The lowest BCUT2D eigenvalue weighted by atomic mass is 9.86. The predicted molar refractivity (Wildman–Crippen MR) is 121 cm³/mol. The normalized spacial score (nSPS) is 14.8. The fraction of sp³-hybridized carbons (Fsp3) is 0.440. The molecule has 31 heavy (non-hydrogen) atoms. The Hall–Kier alpha value is -3.02. The molecule has 0 spiro atoms. The SMILES string of the molecule is COc1cc(OC)cc(C(=O)N2CCC(NC(=O)c3ccc(C(C)(C)C)cc3)CC2)c1. The lowest BCUT2D eigenvalue weighted by Crippen LogP contribution is -2.46. The number of hydrogen-bond donors (Lipinski definition) is 1. The van der Waals surface area contributed by atoms with Crippen molar-refractivity contribution in [3.05, 3.63) is 59.2 Å². The van der Waals surface area contributed by atoms with E-state index in [4.69, 9.17) is 9.47 Å². The first-order valence-electron chi connectivity index (χ1n) is 10.6. The predicted octanol–water partition coefficient (Wildman–Crippen LogP) is 4.04. The number of carbonyl (C=O) groups excluding carboxylic acids is 2. The molecular weight excluding hydrogens is 392 g/mol. The number of hydrogen-bond acceptors (Lipinski definition) is 4. The number of carbonyl (C=O) groups is 2. The number of rotatable bonds is 5. The van der Waals surface area contributed by atoms with Gasteiger partial charge in [0.25, 0.3) is 11.8 Å². The molecule has 2 aromatic rings. The second-order valence-electron chi connectivity index (χ2n) is 8.97. The minimum absolute atomic E-state index is 0.0543. The van der Waals surface area contributed by atoms with Crippen molar-refractivity contribution in [3.8, 4) is 11.5 Å². The molecular formula is C25H32N2O4. The van der Waals surface area contributed by atoms with Gasteiger partial charge in [-0.2, -0.15) is 0 Å². The number of nitrogens with zero attached hydrogens (tertiary/aromatic N) is 1. The van der Waals surface area contributed by atoms with Gasteiger partial charge in [-0.1, -0.05) is 32.9 Å². The first-order valence-corrected chi connectivity index (χ1v) is 10.6. The minimum Gasteiger partial charge on any atom is -0.497 e. The molecule has 1 aliphatic rings. The van der Waals surface area contributed by atoms with Gasteiger partial charge >= 0.3 is 0 Å². The Morgan fingerprint density at radius 1 is 0.903 bits per heavy atom. The molecule has 0 aliphatic carbocycles. The highest BCUT2D eigenvalue weighted by atomic mass is 16.5. The van der Waals surface area contributed by atoms with Crippen LogP contribution in [0, 0.1) is 0 Å². The highest BCUT2D eigenvalue weighted by Gasteiger charge is 2.25. The van der Waals surface area contributed by atoms with Crippen LogP contribution in [0.1, 0.15) is 59.9 Å². The molecule has 1 aliphatic heterocycles. The topological polar surface area (TPSA) is 67.9 Å². The maximum atomic E-state index is 12.9. The van der Waals surface area contributed by atoms with Crippen molar-refractivity contribution in [2.45, 2.75) is 45.1 Å². The van der Waals surface area contributed by atoms with Gasteiger partial charge in [0, 0.05) is 36.3 Å². The first kappa shape index (κ1) is 22.7. The van der Waals surface area contributed by atoms with Gasteiger partial charge < -0.3 is 19.7 Å².